The molecule has 0 saturated heterocycles. The van der Waals surface area contributed by atoms with Gasteiger partial charge in [-0.3, -0.25) is 5.01 Å². The van der Waals surface area contributed by atoms with Crippen molar-refractivity contribution >= 4 is 6.08 Å². The van der Waals surface area contributed by atoms with Gasteiger partial charge in [0.1, 0.15) is 0 Å². The van der Waals surface area contributed by atoms with Crippen molar-refractivity contribution in [2.45, 2.75) is 52.5 Å². The number of rotatable bonds is 0. The third-order valence-corrected chi connectivity index (χ3v) is 3.28. The average molecular weight is 256 g/mol. The predicted molar refractivity (Wildman–Crippen MR) is 81.1 cm³/mol. The minimum Gasteiger partial charge on any atom is -0.267 e. The molecular formula is C17H24N2. The molecular weight excluding hydrogens is 232 g/mol. The van der Waals surface area contributed by atoms with Gasteiger partial charge in [0.25, 0.3) is 0 Å². The van der Waals surface area contributed by atoms with E-state index in [2.05, 4.69) is 71.9 Å². The maximum Gasteiger partial charge on any atom is 0.0911 e. The van der Waals surface area contributed by atoms with E-state index < -0.39 is 0 Å². The van der Waals surface area contributed by atoms with Gasteiger partial charge in [0, 0.05) is 11.4 Å². The molecule has 0 radical (unpaired) electrons. The van der Waals surface area contributed by atoms with Crippen LogP contribution in [-0.4, -0.2) is 10.5 Å². The Balaban J connectivity index is 2.70. The monoisotopic (exact) mass is 256 g/mol. The van der Waals surface area contributed by atoms with Crippen LogP contribution in [0.3, 0.4) is 0 Å². The fourth-order valence-corrected chi connectivity index (χ4v) is 2.21. The lowest BCUT2D eigenvalue weighted by molar-refractivity contribution is 0.207. The van der Waals surface area contributed by atoms with E-state index in [-0.39, 0.29) is 11.0 Å². The molecule has 1 aliphatic heterocycles. The van der Waals surface area contributed by atoms with Crippen LogP contribution in [-0.2, 0) is 5.41 Å². The molecule has 2 heteroatoms. The van der Waals surface area contributed by atoms with Gasteiger partial charge in [-0.05, 0) is 43.9 Å². The molecule has 0 spiro atoms. The minimum atomic E-state index is -0.0102. The van der Waals surface area contributed by atoms with Crippen LogP contribution in [0.15, 0.2) is 35.6 Å². The van der Waals surface area contributed by atoms with Crippen molar-refractivity contribution in [1.82, 2.24) is 5.01 Å². The zero-order chi connectivity index (χ0) is 14.3. The van der Waals surface area contributed by atoms with Crippen molar-refractivity contribution in [1.29, 1.82) is 0 Å². The topological polar surface area (TPSA) is 15.6 Å². The molecule has 19 heavy (non-hydrogen) atoms. The quantitative estimate of drug-likeness (QED) is 0.697. The van der Waals surface area contributed by atoms with Crippen LogP contribution in [0.5, 0.6) is 0 Å². The highest BCUT2D eigenvalue weighted by Gasteiger charge is 2.19. The molecule has 0 atom stereocenters. The summed E-state index contributed by atoms with van der Waals surface area (Å²) in [4.78, 5) is 0. The summed E-state index contributed by atoms with van der Waals surface area (Å²) in [5.74, 6) is 0. The summed E-state index contributed by atoms with van der Waals surface area (Å²) in [5, 5.41) is 9.11. The molecule has 0 fully saturated rings. The Bertz CT molecular complexity index is 610. The maximum atomic E-state index is 4.80. The SMILES string of the molecule is CC(C)(C)c1cccc2c1=CC=CN(C(C)(C)C)N=2. The first-order chi connectivity index (χ1) is 8.69. The molecule has 2 nitrogen and oxygen atoms in total. The van der Waals surface area contributed by atoms with E-state index in [4.69, 9.17) is 5.10 Å². The van der Waals surface area contributed by atoms with Crippen LogP contribution in [0.25, 0.3) is 6.08 Å². The summed E-state index contributed by atoms with van der Waals surface area (Å²) in [6.07, 6.45) is 6.31. The lowest BCUT2D eigenvalue weighted by Crippen LogP contribution is -2.38. The fraction of sp³-hybridized carbons (Fsp3) is 0.471. The van der Waals surface area contributed by atoms with Gasteiger partial charge in [-0.1, -0.05) is 39.0 Å². The Hall–Kier alpha value is -1.57. The van der Waals surface area contributed by atoms with Gasteiger partial charge in [-0.2, -0.15) is 5.10 Å². The van der Waals surface area contributed by atoms with E-state index in [1.807, 2.05) is 11.2 Å². The maximum absolute atomic E-state index is 4.80. The fourth-order valence-electron chi connectivity index (χ4n) is 2.21. The van der Waals surface area contributed by atoms with Gasteiger partial charge < -0.3 is 0 Å². The van der Waals surface area contributed by atoms with E-state index in [0.717, 1.165) is 5.36 Å². The van der Waals surface area contributed by atoms with Gasteiger partial charge >= 0.3 is 0 Å². The van der Waals surface area contributed by atoms with E-state index >= 15 is 0 Å². The first kappa shape index (κ1) is 13.9. The van der Waals surface area contributed by atoms with Crippen LogP contribution < -0.4 is 10.6 Å². The van der Waals surface area contributed by atoms with E-state index in [0.29, 0.717) is 0 Å². The van der Waals surface area contributed by atoms with Crippen molar-refractivity contribution in [2.75, 3.05) is 0 Å². The second kappa shape index (κ2) is 4.52. The van der Waals surface area contributed by atoms with Crippen LogP contribution in [0.4, 0.5) is 0 Å². The van der Waals surface area contributed by atoms with Gasteiger partial charge in [0.15, 0.2) is 0 Å². The molecule has 0 bridgehead atoms. The van der Waals surface area contributed by atoms with Crippen LogP contribution in [0, 0.1) is 0 Å². The van der Waals surface area contributed by atoms with Gasteiger partial charge in [0.2, 0.25) is 0 Å². The standard InChI is InChI=1S/C17H24N2/c1-16(2,3)14-10-7-11-15-13(14)9-8-12-19(18-15)17(4,5)6/h7-12H,1-6H3. The van der Waals surface area contributed by atoms with Crippen LogP contribution >= 0.6 is 0 Å². The average Bonchev–Trinajstić information content (AvgIpc) is 2.47. The van der Waals surface area contributed by atoms with Crippen LogP contribution in [0.2, 0.25) is 0 Å². The molecule has 1 aliphatic rings. The van der Waals surface area contributed by atoms with Gasteiger partial charge in [-0.25, -0.2) is 0 Å². The molecule has 0 N–H and O–H groups in total. The van der Waals surface area contributed by atoms with Crippen molar-refractivity contribution in [2.24, 2.45) is 5.10 Å². The number of fused-ring (bicyclic) bond motifs is 1. The molecule has 1 aromatic carbocycles. The second-order valence-corrected chi connectivity index (χ2v) is 7.11. The summed E-state index contributed by atoms with van der Waals surface area (Å²) in [7, 11) is 0. The molecule has 0 saturated carbocycles. The van der Waals surface area contributed by atoms with Crippen molar-refractivity contribution < 1.29 is 0 Å². The highest BCUT2D eigenvalue weighted by molar-refractivity contribution is 5.42. The van der Waals surface area contributed by atoms with Crippen molar-refractivity contribution in [3.8, 4) is 0 Å². The number of hydrogen-bond donors (Lipinski definition) is 0. The van der Waals surface area contributed by atoms with Gasteiger partial charge in [-0.15, -0.1) is 0 Å². The van der Waals surface area contributed by atoms with Gasteiger partial charge in [0.05, 0.1) is 10.9 Å². The lowest BCUT2D eigenvalue weighted by atomic mass is 9.85. The molecule has 2 rings (SSSR count). The smallest absolute Gasteiger partial charge is 0.0911 e. The molecule has 0 unspecified atom stereocenters. The highest BCUT2D eigenvalue weighted by atomic mass is 15.5. The first-order valence-electron chi connectivity index (χ1n) is 6.85. The third kappa shape index (κ3) is 2.89. The summed E-state index contributed by atoms with van der Waals surface area (Å²) in [6.45, 7) is 13.2. The Morgan fingerprint density at radius 1 is 1.00 bits per heavy atom. The number of nitrogens with zero attached hydrogens (tertiary/aromatic N) is 2. The molecule has 0 aromatic heterocycles. The molecule has 0 amide bonds. The normalized spacial score (nSPS) is 15.4. The molecule has 0 aliphatic carbocycles. The second-order valence-electron chi connectivity index (χ2n) is 7.11. The van der Waals surface area contributed by atoms with E-state index in [9.17, 15) is 0 Å². The Labute approximate surface area is 116 Å². The predicted octanol–water partition coefficient (Wildman–Crippen LogP) is 2.93. The first-order valence-corrected chi connectivity index (χ1v) is 6.85. The molecule has 1 aromatic rings. The van der Waals surface area contributed by atoms with Crippen molar-refractivity contribution in [3.05, 3.63) is 46.6 Å². The van der Waals surface area contributed by atoms with Crippen LogP contribution in [0.1, 0.15) is 47.1 Å². The lowest BCUT2D eigenvalue weighted by Gasteiger charge is -2.29. The highest BCUT2D eigenvalue weighted by Crippen LogP contribution is 2.18. The Kier molecular flexibility index (Phi) is 3.29. The number of benzene rings is 1. The largest absolute Gasteiger partial charge is 0.267 e. The third-order valence-electron chi connectivity index (χ3n) is 3.28. The summed E-state index contributed by atoms with van der Waals surface area (Å²) >= 11 is 0. The number of hydrogen-bond acceptors (Lipinski definition) is 2. The summed E-state index contributed by atoms with van der Waals surface area (Å²) in [6, 6.07) is 6.39. The zero-order valence-corrected chi connectivity index (χ0v) is 12.9. The minimum absolute atomic E-state index is 0.0102. The number of allylic oxidation sites excluding steroid dienone is 1. The van der Waals surface area contributed by atoms with E-state index in [1.54, 1.807) is 0 Å². The molecule has 1 heterocycles. The Morgan fingerprint density at radius 2 is 1.68 bits per heavy atom. The Morgan fingerprint density at radius 3 is 2.26 bits per heavy atom. The molecule has 102 valence electrons. The van der Waals surface area contributed by atoms with E-state index in [1.165, 1.54) is 10.8 Å². The van der Waals surface area contributed by atoms with Crippen molar-refractivity contribution in [3.63, 3.8) is 0 Å². The summed E-state index contributed by atoms with van der Waals surface area (Å²) < 4.78 is 0. The zero-order valence-electron chi connectivity index (χ0n) is 12.9. The summed E-state index contributed by atoms with van der Waals surface area (Å²) in [5.41, 5.74) is 1.46.